The zero-order chi connectivity index (χ0) is 81.3. The van der Waals surface area contributed by atoms with Crippen LogP contribution in [0.4, 0.5) is 0 Å². The van der Waals surface area contributed by atoms with Gasteiger partial charge in [-0.05, 0) is 315 Å². The number of rotatable bonds is 22. The third kappa shape index (κ3) is 21.8. The van der Waals surface area contributed by atoms with E-state index in [0.29, 0.717) is 72.9 Å². The SMILES string of the molecule is CCC(C)(C)C(=O)OC1(C(C)C)C2CC3CC(C2)CC1C3.CCC(C)(C)C(=O)OC1(C(C)C)CCCC1.CCC(C)(C)C(=O)OC12CC3CC(O)(CC(O)(C3)C1)C2.CCC(C)(C)C(=O)OCC(=O)OC1C2CC3CC(C2)C(=O)OC1C3.CCC(C)c1ccc(O)cc1.CCC(C)c1ccc(Oc2ccc(O)cc2)cc1. The van der Waals surface area contributed by atoms with Crippen molar-refractivity contribution in [3.05, 3.63) is 83.9 Å². The summed E-state index contributed by atoms with van der Waals surface area (Å²) in [5.74, 6) is 6.79. The largest absolute Gasteiger partial charge is 0.508 e. The summed E-state index contributed by atoms with van der Waals surface area (Å²) in [6, 6.07) is 22.3. The number of ether oxygens (including phenoxy) is 7. The molecule has 3 aromatic rings. The Morgan fingerprint density at radius 3 is 1.36 bits per heavy atom. The smallest absolute Gasteiger partial charge is 0.344 e. The van der Waals surface area contributed by atoms with Crippen LogP contribution in [-0.4, -0.2) is 103 Å². The summed E-state index contributed by atoms with van der Waals surface area (Å²) in [7, 11) is 0. The quantitative estimate of drug-likeness (QED) is 0.0539. The van der Waals surface area contributed by atoms with Gasteiger partial charge in [0.2, 0.25) is 0 Å². The number of carbonyl (C=O) groups excluding carboxylic acids is 6. The van der Waals surface area contributed by atoms with Crippen LogP contribution in [0.3, 0.4) is 0 Å². The van der Waals surface area contributed by atoms with Crippen LogP contribution in [0.5, 0.6) is 23.0 Å². The summed E-state index contributed by atoms with van der Waals surface area (Å²) in [4.78, 5) is 73.4. The molecule has 0 aromatic heterocycles. The first-order valence-electron chi connectivity index (χ1n) is 42.5. The van der Waals surface area contributed by atoms with Crippen molar-refractivity contribution < 1.29 is 82.4 Å². The average Bonchev–Trinajstić information content (AvgIpc) is 0.893. The molecule has 3 aromatic carbocycles. The Bertz CT molecular complexity index is 3480. The van der Waals surface area contributed by atoms with Crippen LogP contribution in [0.15, 0.2) is 72.8 Å². The van der Waals surface area contributed by atoms with Crippen molar-refractivity contribution in [1.82, 2.24) is 0 Å². The average molecular weight is 1530 g/mol. The van der Waals surface area contributed by atoms with E-state index in [2.05, 4.69) is 74.4 Å². The molecule has 0 radical (unpaired) electrons. The number of aliphatic hydroxyl groups is 2. The summed E-state index contributed by atoms with van der Waals surface area (Å²) < 4.78 is 40.0. The molecule has 11 aliphatic carbocycles. The van der Waals surface area contributed by atoms with Gasteiger partial charge in [0.05, 0.1) is 38.8 Å². The minimum atomic E-state index is -0.842. The molecule has 13 aliphatic rings. The molecule has 16 rings (SSSR count). The Kier molecular flexibility index (Phi) is 29.7. The summed E-state index contributed by atoms with van der Waals surface area (Å²) in [5.41, 5.74) is -1.87. The number of esters is 6. The van der Waals surface area contributed by atoms with Crippen molar-refractivity contribution in [2.45, 2.75) is 351 Å². The molecule has 616 valence electrons. The van der Waals surface area contributed by atoms with E-state index in [9.17, 15) is 44.1 Å². The molecule has 2 saturated heterocycles. The van der Waals surface area contributed by atoms with E-state index >= 15 is 0 Å². The molecular formula is C93H142O17. The van der Waals surface area contributed by atoms with Crippen LogP contribution in [0.2, 0.25) is 0 Å². The van der Waals surface area contributed by atoms with Gasteiger partial charge in [-0.3, -0.25) is 24.0 Å². The van der Waals surface area contributed by atoms with E-state index in [1.165, 1.54) is 56.1 Å². The van der Waals surface area contributed by atoms with E-state index in [1.54, 1.807) is 50.2 Å². The minimum Gasteiger partial charge on any atom is -0.508 e. The number of phenolic OH excluding ortho intramolecular Hbond substituents is 2. The fraction of sp³-hybridized carbons (Fsp3) is 0.742. The first kappa shape index (κ1) is 89.4. The summed E-state index contributed by atoms with van der Waals surface area (Å²) in [5, 5.41) is 39.5. The highest BCUT2D eigenvalue weighted by Gasteiger charge is 2.65. The van der Waals surface area contributed by atoms with Gasteiger partial charge in [-0.2, -0.15) is 0 Å². The molecule has 4 N–H and O–H groups in total. The van der Waals surface area contributed by atoms with Gasteiger partial charge in [0, 0.05) is 25.2 Å². The normalized spacial score (nSPS) is 30.1. The van der Waals surface area contributed by atoms with E-state index in [1.807, 2.05) is 86.6 Å². The summed E-state index contributed by atoms with van der Waals surface area (Å²) >= 11 is 0. The second kappa shape index (κ2) is 36.5. The van der Waals surface area contributed by atoms with Crippen molar-refractivity contribution in [3.8, 4) is 23.0 Å². The standard InChI is InChI=1S/C19H32O2.C18H26O6.C16H26O4.C16H18O2.C14H26O2.C10H14O/c1-6-18(4,5)17(20)21-19(12(2)3)15-8-13-7-14(10-15)11-16(19)9-13;1-4-18(2,3)17(21)22-9-14(19)24-15-11-5-10-6-12(8-11)16(20)23-13(15)7-10;1-4-13(2,3)12(17)20-16-7-11-5-14(18,9-16)8-15(19,6-11)10-16;1-3-12(2)13-4-8-15(9-5-13)18-16-10-6-14(17)7-11-16;1-6-13(4,5)12(15)16-14(11(2)3)9-7-8-10-14;1-3-8(2)9-4-6-10(11)7-5-9/h12-16H,6-11H2,1-5H3;10-13,15H,4-9H2,1-3H3;11,18-19H,4-10H2,1-3H3;4-12,17H,3H2,1-2H3;11H,6-10H2,1-5H3;4-8,11H,3H2,1-2H3. The van der Waals surface area contributed by atoms with Crippen molar-refractivity contribution in [2.24, 2.45) is 80.8 Å². The Balaban J connectivity index is 0.000000168. The number of aromatic hydroxyl groups is 2. The van der Waals surface area contributed by atoms with Crippen LogP contribution < -0.4 is 4.74 Å². The van der Waals surface area contributed by atoms with Crippen LogP contribution in [-0.2, 0) is 57.2 Å². The second-order valence-corrected chi connectivity index (χ2v) is 38.6. The summed E-state index contributed by atoms with van der Waals surface area (Å²) in [6.07, 6.45) is 22.7. The van der Waals surface area contributed by atoms with Crippen LogP contribution in [0, 0.1) is 80.8 Å². The molecule has 2 heterocycles. The highest BCUT2D eigenvalue weighted by molar-refractivity contribution is 5.80. The third-order valence-corrected chi connectivity index (χ3v) is 28.0. The van der Waals surface area contributed by atoms with Gasteiger partial charge >= 0.3 is 35.8 Å². The van der Waals surface area contributed by atoms with E-state index in [4.69, 9.17) is 38.3 Å². The molecule has 0 amide bonds. The number of carbonyl (C=O) groups is 6. The lowest BCUT2D eigenvalue weighted by atomic mass is 9.47. The van der Waals surface area contributed by atoms with E-state index < -0.39 is 45.7 Å². The predicted octanol–water partition coefficient (Wildman–Crippen LogP) is 20.8. The molecule has 17 heteroatoms. The number of hydrogen-bond acceptors (Lipinski definition) is 17. The maximum Gasteiger partial charge on any atom is 0.344 e. The molecule has 11 saturated carbocycles. The zero-order valence-corrected chi connectivity index (χ0v) is 71.0. The van der Waals surface area contributed by atoms with Crippen LogP contribution >= 0.6 is 0 Å². The number of benzene rings is 3. The fourth-order valence-corrected chi connectivity index (χ4v) is 19.5. The molecule has 110 heavy (non-hydrogen) atoms. The van der Waals surface area contributed by atoms with Crippen molar-refractivity contribution >= 4 is 35.8 Å². The second-order valence-electron chi connectivity index (χ2n) is 38.6. The van der Waals surface area contributed by atoms with Crippen LogP contribution in [0.25, 0.3) is 0 Å². The number of fused-ring (bicyclic) bond motifs is 1. The number of phenols is 2. The minimum absolute atomic E-state index is 0.0226. The molecule has 17 nitrogen and oxygen atoms in total. The van der Waals surface area contributed by atoms with Gasteiger partial charge in [-0.1, -0.05) is 107 Å². The maximum absolute atomic E-state index is 12.8. The lowest BCUT2D eigenvalue weighted by molar-refractivity contribution is -0.264. The van der Waals surface area contributed by atoms with E-state index in [0.717, 1.165) is 113 Å². The summed E-state index contributed by atoms with van der Waals surface area (Å²) in [6.45, 7) is 40.6. The first-order chi connectivity index (χ1) is 51.4. The molecular weight excluding hydrogens is 1390 g/mol. The van der Waals surface area contributed by atoms with Gasteiger partial charge in [-0.15, -0.1) is 0 Å². The molecule has 13 fully saturated rings. The zero-order valence-electron chi connectivity index (χ0n) is 71.0. The third-order valence-electron chi connectivity index (χ3n) is 28.0. The van der Waals surface area contributed by atoms with Crippen molar-refractivity contribution in [2.75, 3.05) is 6.61 Å². The first-order valence-corrected chi connectivity index (χ1v) is 42.5. The van der Waals surface area contributed by atoms with E-state index in [-0.39, 0.29) is 82.1 Å². The highest BCUT2D eigenvalue weighted by Crippen LogP contribution is 2.63. The number of hydrogen-bond donors (Lipinski definition) is 4. The topological polar surface area (TPSA) is 248 Å². The monoisotopic (exact) mass is 1530 g/mol. The van der Waals surface area contributed by atoms with Gasteiger partial charge < -0.3 is 53.6 Å². The van der Waals surface area contributed by atoms with Crippen molar-refractivity contribution in [3.63, 3.8) is 0 Å². The molecule has 12 bridgehead atoms. The molecule has 2 aliphatic heterocycles. The van der Waals surface area contributed by atoms with Crippen LogP contribution in [0.1, 0.15) is 322 Å². The Hall–Kier alpha value is -6.20. The lowest BCUT2D eigenvalue weighted by Gasteiger charge is -2.62. The molecule has 0 spiro atoms. The Morgan fingerprint density at radius 1 is 0.491 bits per heavy atom. The Labute approximate surface area is 660 Å². The highest BCUT2D eigenvalue weighted by atomic mass is 16.6. The fourth-order valence-electron chi connectivity index (χ4n) is 19.5. The van der Waals surface area contributed by atoms with Gasteiger partial charge in [0.15, 0.2) is 6.61 Å². The lowest BCUT2D eigenvalue weighted by Crippen LogP contribution is -2.67. The van der Waals surface area contributed by atoms with Crippen molar-refractivity contribution in [1.29, 1.82) is 0 Å². The van der Waals surface area contributed by atoms with Gasteiger partial charge in [-0.25, -0.2) is 4.79 Å². The predicted molar refractivity (Wildman–Crippen MR) is 429 cm³/mol. The maximum atomic E-state index is 12.8. The molecule has 9 atom stereocenters. The van der Waals surface area contributed by atoms with Gasteiger partial charge in [0.25, 0.3) is 0 Å². The Morgan fingerprint density at radius 2 is 0.918 bits per heavy atom. The van der Waals surface area contributed by atoms with Gasteiger partial charge in [0.1, 0.15) is 52.0 Å². The molecule has 9 unspecified atom stereocenters.